The number of thioether (sulfide) groups is 1. The predicted molar refractivity (Wildman–Crippen MR) is 119 cm³/mol. The Morgan fingerprint density at radius 2 is 1.46 bits per heavy atom. The van der Waals surface area contributed by atoms with Crippen molar-refractivity contribution in [3.05, 3.63) is 0 Å². The summed E-state index contributed by atoms with van der Waals surface area (Å²) in [6, 6.07) is -1.05. The van der Waals surface area contributed by atoms with Crippen LogP contribution in [0.15, 0.2) is 0 Å². The number of amides is 1. The van der Waals surface area contributed by atoms with Crippen LogP contribution in [0.1, 0.15) is 41.5 Å². The zero-order valence-electron chi connectivity index (χ0n) is 20.4. The fraction of sp³-hybridized carbons (Fsp3) is 0.714. The Hall–Kier alpha value is -2.87. The highest BCUT2D eigenvalue weighted by atomic mass is 32.2. The molecule has 1 aliphatic rings. The molecule has 198 valence electrons. The van der Waals surface area contributed by atoms with Gasteiger partial charge in [-0.3, -0.25) is 24.0 Å². The fourth-order valence-corrected chi connectivity index (χ4v) is 4.39. The van der Waals surface area contributed by atoms with E-state index in [9.17, 15) is 28.8 Å². The summed E-state index contributed by atoms with van der Waals surface area (Å²) in [5, 5.41) is 2.47. The number of nitrogens with one attached hydrogen (secondary N) is 1. The zero-order chi connectivity index (χ0) is 26.7. The molecule has 0 saturated carbocycles. The van der Waals surface area contributed by atoms with Crippen molar-refractivity contribution in [2.75, 3.05) is 19.0 Å². The molecular weight excluding hydrogens is 490 g/mol. The highest BCUT2D eigenvalue weighted by molar-refractivity contribution is 7.99. The molecule has 0 aromatic heterocycles. The third-order valence-electron chi connectivity index (χ3n) is 4.32. The number of esters is 5. The van der Waals surface area contributed by atoms with Crippen molar-refractivity contribution in [3.8, 4) is 0 Å². The van der Waals surface area contributed by atoms with Gasteiger partial charge >= 0.3 is 29.8 Å². The maximum absolute atomic E-state index is 12.2. The van der Waals surface area contributed by atoms with Crippen LogP contribution in [0.4, 0.5) is 0 Å². The van der Waals surface area contributed by atoms with Gasteiger partial charge in [0.2, 0.25) is 5.91 Å². The Balaban J connectivity index is 3.25. The molecule has 1 amide bonds. The van der Waals surface area contributed by atoms with Crippen molar-refractivity contribution in [2.45, 2.75) is 77.4 Å². The summed E-state index contributed by atoms with van der Waals surface area (Å²) in [5.41, 5.74) is -1.02. The minimum Gasteiger partial charge on any atom is -0.464 e. The second-order valence-corrected chi connectivity index (χ2v) is 8.54. The molecule has 0 aromatic rings. The summed E-state index contributed by atoms with van der Waals surface area (Å²) in [4.78, 5) is 70.4. The monoisotopic (exact) mass is 521 g/mol. The van der Waals surface area contributed by atoms with Crippen LogP contribution in [-0.2, 0) is 57.2 Å². The van der Waals surface area contributed by atoms with Crippen LogP contribution >= 0.6 is 11.8 Å². The molecule has 0 radical (unpaired) electrons. The molecule has 0 bridgehead atoms. The average molecular weight is 522 g/mol. The summed E-state index contributed by atoms with van der Waals surface area (Å²) in [7, 11) is 0. The fourth-order valence-electron chi connectivity index (χ4n) is 3.18. The molecule has 0 aromatic carbocycles. The first kappa shape index (κ1) is 30.2. The summed E-state index contributed by atoms with van der Waals surface area (Å²) in [5.74, 6) is -4.03. The van der Waals surface area contributed by atoms with Crippen LogP contribution in [-0.4, -0.2) is 90.6 Å². The standard InChI is InChI=1S/C21H31NO12S/c1-7-29-20(28)15(22-10(2)23)9-35-21-19(33-14(6)27)18(32-13(5)26)17(34-21)16(31-12(4)25)8-30-11(3)24/h15-19,21H,7-9H2,1-6H3,(H,22,23)/t15-,16+,17-,18-,19+,21-/m0/s1. The Bertz CT molecular complexity index is 803. The largest absolute Gasteiger partial charge is 0.464 e. The SMILES string of the molecule is CCOC(=O)[C@H](CS[C@@H]1O[C@@H]([C@@H](COC(C)=O)OC(C)=O)[C@H](OC(C)=O)[C@H]1OC(C)=O)NC(C)=O. The summed E-state index contributed by atoms with van der Waals surface area (Å²) < 4.78 is 31.8. The van der Waals surface area contributed by atoms with Gasteiger partial charge in [-0.1, -0.05) is 0 Å². The Kier molecular flexibility index (Phi) is 12.5. The first-order valence-electron chi connectivity index (χ1n) is 10.7. The van der Waals surface area contributed by atoms with E-state index in [0.29, 0.717) is 0 Å². The van der Waals surface area contributed by atoms with Crippen molar-refractivity contribution in [3.63, 3.8) is 0 Å². The quantitative estimate of drug-likeness (QED) is 0.266. The number of ether oxygens (including phenoxy) is 6. The van der Waals surface area contributed by atoms with Gasteiger partial charge in [0.15, 0.2) is 18.3 Å². The first-order chi connectivity index (χ1) is 16.3. The molecular formula is C21H31NO12S. The number of carbonyl (C=O) groups is 6. The Morgan fingerprint density at radius 3 is 1.94 bits per heavy atom. The van der Waals surface area contributed by atoms with Crippen LogP contribution in [0.5, 0.6) is 0 Å². The van der Waals surface area contributed by atoms with Crippen LogP contribution in [0, 0.1) is 0 Å². The van der Waals surface area contributed by atoms with E-state index in [2.05, 4.69) is 5.32 Å². The maximum Gasteiger partial charge on any atom is 0.329 e. The van der Waals surface area contributed by atoms with Crippen molar-refractivity contribution < 1.29 is 57.2 Å². The van der Waals surface area contributed by atoms with E-state index in [1.165, 1.54) is 6.92 Å². The summed E-state index contributed by atoms with van der Waals surface area (Å²) in [6.45, 7) is 7.07. The lowest BCUT2D eigenvalue weighted by Gasteiger charge is -2.27. The highest BCUT2D eigenvalue weighted by Gasteiger charge is 2.53. The van der Waals surface area contributed by atoms with E-state index in [1.54, 1.807) is 6.92 Å². The third-order valence-corrected chi connectivity index (χ3v) is 5.56. The van der Waals surface area contributed by atoms with E-state index in [-0.39, 0.29) is 12.4 Å². The maximum atomic E-state index is 12.2. The molecule has 6 atom stereocenters. The lowest BCUT2D eigenvalue weighted by Crippen LogP contribution is -2.46. The van der Waals surface area contributed by atoms with E-state index in [1.807, 2.05) is 0 Å². The van der Waals surface area contributed by atoms with Gasteiger partial charge in [-0.25, -0.2) is 4.79 Å². The van der Waals surface area contributed by atoms with Gasteiger partial charge in [-0.05, 0) is 6.92 Å². The van der Waals surface area contributed by atoms with Gasteiger partial charge < -0.3 is 33.7 Å². The predicted octanol–water partition coefficient (Wildman–Crippen LogP) is -0.129. The van der Waals surface area contributed by atoms with Gasteiger partial charge in [0.1, 0.15) is 24.2 Å². The Labute approximate surface area is 206 Å². The van der Waals surface area contributed by atoms with Crippen LogP contribution < -0.4 is 5.32 Å². The van der Waals surface area contributed by atoms with Crippen molar-refractivity contribution in [2.24, 2.45) is 0 Å². The Morgan fingerprint density at radius 1 is 0.857 bits per heavy atom. The second kappa shape index (κ2) is 14.5. The lowest BCUT2D eigenvalue weighted by atomic mass is 10.1. The van der Waals surface area contributed by atoms with Crippen LogP contribution in [0.3, 0.4) is 0 Å². The molecule has 1 aliphatic heterocycles. The minimum atomic E-state index is -1.24. The number of hydrogen-bond acceptors (Lipinski definition) is 13. The molecule has 35 heavy (non-hydrogen) atoms. The van der Waals surface area contributed by atoms with E-state index in [4.69, 9.17) is 28.4 Å². The summed E-state index contributed by atoms with van der Waals surface area (Å²) in [6.07, 6.45) is -4.82. The summed E-state index contributed by atoms with van der Waals surface area (Å²) >= 11 is 0.979. The molecule has 1 saturated heterocycles. The molecule has 1 heterocycles. The van der Waals surface area contributed by atoms with E-state index >= 15 is 0 Å². The average Bonchev–Trinajstić information content (AvgIpc) is 3.03. The van der Waals surface area contributed by atoms with Crippen molar-refractivity contribution in [1.82, 2.24) is 5.32 Å². The second-order valence-electron chi connectivity index (χ2n) is 7.41. The number of hydrogen-bond donors (Lipinski definition) is 1. The van der Waals surface area contributed by atoms with Gasteiger partial charge in [0.25, 0.3) is 0 Å². The molecule has 1 rings (SSSR count). The third kappa shape index (κ3) is 10.5. The van der Waals surface area contributed by atoms with Gasteiger partial charge in [-0.2, -0.15) is 0 Å². The molecule has 1 fully saturated rings. The molecule has 13 nitrogen and oxygen atoms in total. The number of rotatable bonds is 12. The lowest BCUT2D eigenvalue weighted by molar-refractivity contribution is -0.176. The minimum absolute atomic E-state index is 0.0530. The van der Waals surface area contributed by atoms with Crippen molar-refractivity contribution in [1.29, 1.82) is 0 Å². The number of carbonyl (C=O) groups excluding carboxylic acids is 6. The zero-order valence-corrected chi connectivity index (χ0v) is 21.2. The van der Waals surface area contributed by atoms with Gasteiger partial charge in [0.05, 0.1) is 6.61 Å². The normalized spacial score (nSPS) is 22.8. The molecule has 0 aliphatic carbocycles. The van der Waals surface area contributed by atoms with E-state index < -0.39 is 78.3 Å². The van der Waals surface area contributed by atoms with Crippen LogP contribution in [0.2, 0.25) is 0 Å². The van der Waals surface area contributed by atoms with Gasteiger partial charge in [0, 0.05) is 40.4 Å². The first-order valence-corrected chi connectivity index (χ1v) is 11.8. The molecule has 0 spiro atoms. The molecule has 14 heteroatoms. The molecule has 1 N–H and O–H groups in total. The highest BCUT2D eigenvalue weighted by Crippen LogP contribution is 2.36. The van der Waals surface area contributed by atoms with Crippen LogP contribution in [0.25, 0.3) is 0 Å². The van der Waals surface area contributed by atoms with Gasteiger partial charge in [-0.15, -0.1) is 11.8 Å². The smallest absolute Gasteiger partial charge is 0.329 e. The molecule has 0 unspecified atom stereocenters. The topological polar surface area (TPSA) is 170 Å². The van der Waals surface area contributed by atoms with Crippen molar-refractivity contribution >= 4 is 47.5 Å². The van der Waals surface area contributed by atoms with E-state index in [0.717, 1.165) is 39.5 Å².